The lowest BCUT2D eigenvalue weighted by Gasteiger charge is -2.28. The molecule has 0 spiro atoms. The van der Waals surface area contributed by atoms with Crippen molar-refractivity contribution in [2.45, 2.75) is 13.8 Å². The van der Waals surface area contributed by atoms with Crippen LogP contribution in [0, 0.1) is 19.7 Å². The van der Waals surface area contributed by atoms with E-state index in [1.165, 1.54) is 22.7 Å². The van der Waals surface area contributed by atoms with E-state index >= 15 is 0 Å². The topological polar surface area (TPSA) is 98.1 Å². The van der Waals surface area contributed by atoms with Crippen molar-refractivity contribution in [2.75, 3.05) is 38.3 Å². The number of allylic oxidation sites excluding steroid dienone is 1. The Kier molecular flexibility index (Phi) is 8.13. The van der Waals surface area contributed by atoms with Gasteiger partial charge in [0.15, 0.2) is 5.82 Å². The van der Waals surface area contributed by atoms with Crippen molar-refractivity contribution >= 4 is 29.3 Å². The number of hydrogen-bond donors (Lipinski definition) is 1. The first-order chi connectivity index (χ1) is 15.9. The second-order valence-electron chi connectivity index (χ2n) is 7.27. The molecule has 0 aliphatic carbocycles. The van der Waals surface area contributed by atoms with Crippen LogP contribution in [0.4, 0.5) is 10.2 Å². The van der Waals surface area contributed by atoms with Crippen molar-refractivity contribution < 1.29 is 9.13 Å². The summed E-state index contributed by atoms with van der Waals surface area (Å²) in [6, 6.07) is 6.08. The number of morpholine rings is 1. The van der Waals surface area contributed by atoms with Crippen molar-refractivity contribution in [1.82, 2.24) is 14.4 Å². The number of aryl methyl sites for hydroxylation is 1. The highest BCUT2D eigenvalue weighted by Crippen LogP contribution is 2.27. The van der Waals surface area contributed by atoms with Gasteiger partial charge in [0.2, 0.25) is 0 Å². The fourth-order valence-corrected chi connectivity index (χ4v) is 3.44. The number of nitrogens with zero attached hydrogens (tertiary/aromatic N) is 5. The summed E-state index contributed by atoms with van der Waals surface area (Å²) in [4.78, 5) is 27.8. The van der Waals surface area contributed by atoms with Gasteiger partial charge in [0.25, 0.3) is 5.56 Å². The number of aliphatic imine (C=N–C) groups is 1. The molecule has 10 heteroatoms. The number of rotatable bonds is 3. The third-order valence-corrected chi connectivity index (χ3v) is 5.36. The minimum atomic E-state index is -0.541. The SMILES string of the molecule is CN=C/C=C\N.Cc1nc2cc(N3CCOCC3)nc(-c3ccc(Cl)cc3F)n2c(=O)c1C. The first-order valence-electron chi connectivity index (χ1n) is 10.4. The molecule has 0 radical (unpaired) electrons. The van der Waals surface area contributed by atoms with E-state index in [-0.39, 0.29) is 22.0 Å². The number of halogens is 2. The predicted octanol–water partition coefficient (Wildman–Crippen LogP) is 3.16. The Bertz CT molecular complexity index is 1240. The Balaban J connectivity index is 0.000000454. The Hall–Kier alpha value is -3.30. The van der Waals surface area contributed by atoms with Crippen LogP contribution in [0.15, 0.2) is 46.3 Å². The number of fused-ring (bicyclic) bond motifs is 1. The summed E-state index contributed by atoms with van der Waals surface area (Å²) in [5, 5.41) is 0.280. The van der Waals surface area contributed by atoms with Gasteiger partial charge in [0, 0.05) is 48.7 Å². The lowest BCUT2D eigenvalue weighted by Crippen LogP contribution is -2.37. The predicted molar refractivity (Wildman–Crippen MR) is 130 cm³/mol. The quantitative estimate of drug-likeness (QED) is 0.588. The molecule has 1 aliphatic heterocycles. The van der Waals surface area contributed by atoms with Crippen molar-refractivity contribution in [3.8, 4) is 11.4 Å². The van der Waals surface area contributed by atoms with Crippen LogP contribution in [-0.4, -0.2) is 53.9 Å². The van der Waals surface area contributed by atoms with Crippen molar-refractivity contribution in [3.05, 3.63) is 69.0 Å². The third kappa shape index (κ3) is 5.55. The first-order valence-corrected chi connectivity index (χ1v) is 10.7. The highest BCUT2D eigenvalue weighted by atomic mass is 35.5. The van der Waals surface area contributed by atoms with Gasteiger partial charge in [-0.2, -0.15) is 0 Å². The third-order valence-electron chi connectivity index (χ3n) is 5.12. The van der Waals surface area contributed by atoms with Crippen molar-refractivity contribution in [3.63, 3.8) is 0 Å². The van der Waals surface area contributed by atoms with E-state index in [0.717, 1.165) is 0 Å². The molecule has 0 unspecified atom stereocenters. The van der Waals surface area contributed by atoms with E-state index in [0.29, 0.717) is 49.0 Å². The van der Waals surface area contributed by atoms with E-state index in [4.69, 9.17) is 22.1 Å². The molecule has 3 heterocycles. The number of aromatic nitrogens is 3. The maximum Gasteiger partial charge on any atom is 0.262 e. The molecule has 1 fully saturated rings. The van der Waals surface area contributed by atoms with Gasteiger partial charge in [-0.05, 0) is 44.3 Å². The van der Waals surface area contributed by atoms with Crippen LogP contribution in [0.3, 0.4) is 0 Å². The van der Waals surface area contributed by atoms with Crippen molar-refractivity contribution in [2.24, 2.45) is 10.7 Å². The van der Waals surface area contributed by atoms with Crippen LogP contribution in [0.1, 0.15) is 11.3 Å². The highest BCUT2D eigenvalue weighted by Gasteiger charge is 2.20. The van der Waals surface area contributed by atoms with Crippen molar-refractivity contribution in [1.29, 1.82) is 0 Å². The Labute approximate surface area is 196 Å². The van der Waals surface area contributed by atoms with E-state index in [1.807, 2.05) is 4.90 Å². The van der Waals surface area contributed by atoms with Crippen LogP contribution in [0.25, 0.3) is 17.0 Å². The number of anilines is 1. The second kappa shape index (κ2) is 11.0. The molecule has 33 heavy (non-hydrogen) atoms. The molecule has 1 aliphatic rings. The minimum absolute atomic E-state index is 0.201. The maximum atomic E-state index is 14.7. The first kappa shape index (κ1) is 24.3. The summed E-state index contributed by atoms with van der Waals surface area (Å²) >= 11 is 5.89. The standard InChI is InChI=1S/C19H18ClFN4O2.C4H8N2/c1-11-12(2)22-17-10-16(24-5-7-27-8-6-24)23-18(25(17)19(11)26)14-4-3-13(20)9-15(14)21;1-6-4-2-3-5/h3-4,9-10H,5-8H2,1-2H3;2-4H,5H2,1H3/b;3-2-,6-4?. The second-order valence-corrected chi connectivity index (χ2v) is 7.71. The molecule has 0 bridgehead atoms. The van der Waals surface area contributed by atoms with Gasteiger partial charge in [-0.15, -0.1) is 0 Å². The van der Waals surface area contributed by atoms with Crippen LogP contribution in [0.5, 0.6) is 0 Å². The molecule has 2 N–H and O–H groups in total. The molecule has 174 valence electrons. The Morgan fingerprint density at radius 2 is 1.94 bits per heavy atom. The van der Waals surface area contributed by atoms with E-state index in [1.54, 1.807) is 45.3 Å². The van der Waals surface area contributed by atoms with E-state index in [2.05, 4.69) is 15.0 Å². The van der Waals surface area contributed by atoms with Gasteiger partial charge in [-0.1, -0.05) is 11.6 Å². The maximum absolute atomic E-state index is 14.7. The largest absolute Gasteiger partial charge is 0.405 e. The zero-order valence-corrected chi connectivity index (χ0v) is 19.5. The Morgan fingerprint density at radius 3 is 2.55 bits per heavy atom. The lowest BCUT2D eigenvalue weighted by molar-refractivity contribution is 0.122. The number of ether oxygens (including phenoxy) is 1. The monoisotopic (exact) mass is 472 g/mol. The molecule has 1 aromatic carbocycles. The summed E-state index contributed by atoms with van der Waals surface area (Å²) in [7, 11) is 1.69. The fourth-order valence-electron chi connectivity index (χ4n) is 3.28. The molecule has 2 aromatic heterocycles. The molecule has 8 nitrogen and oxygen atoms in total. The van der Waals surface area contributed by atoms with E-state index in [9.17, 15) is 9.18 Å². The smallest absolute Gasteiger partial charge is 0.262 e. The summed E-state index contributed by atoms with van der Waals surface area (Å²) in [5.41, 5.74) is 6.46. The fraction of sp³-hybridized carbons (Fsp3) is 0.304. The van der Waals surface area contributed by atoms with Gasteiger partial charge in [0.1, 0.15) is 17.3 Å². The summed E-state index contributed by atoms with van der Waals surface area (Å²) in [6.45, 7) is 6.00. The van der Waals surface area contributed by atoms with Gasteiger partial charge in [-0.25, -0.2) is 18.8 Å². The zero-order valence-electron chi connectivity index (χ0n) is 18.8. The van der Waals surface area contributed by atoms with Crippen LogP contribution in [0.2, 0.25) is 5.02 Å². The average Bonchev–Trinajstić information content (AvgIpc) is 2.81. The van der Waals surface area contributed by atoms with E-state index < -0.39 is 5.82 Å². The minimum Gasteiger partial charge on any atom is -0.405 e. The number of benzene rings is 1. The normalized spacial score (nSPS) is 14.2. The highest BCUT2D eigenvalue weighted by molar-refractivity contribution is 6.30. The Morgan fingerprint density at radius 1 is 1.21 bits per heavy atom. The molecule has 3 aromatic rings. The van der Waals surface area contributed by atoms with Crippen LogP contribution in [-0.2, 0) is 4.74 Å². The number of hydrogen-bond acceptors (Lipinski definition) is 7. The van der Waals surface area contributed by atoms with Crippen LogP contribution >= 0.6 is 11.6 Å². The van der Waals surface area contributed by atoms with Gasteiger partial charge in [0.05, 0.1) is 18.8 Å². The summed E-state index contributed by atoms with van der Waals surface area (Å²) in [5.74, 6) is 0.308. The molecular formula is C23H26ClFN6O2. The zero-order chi connectivity index (χ0) is 24.0. The molecular weight excluding hydrogens is 447 g/mol. The summed E-state index contributed by atoms with van der Waals surface area (Å²) < 4.78 is 21.4. The average molecular weight is 473 g/mol. The molecule has 1 saturated heterocycles. The number of nitrogens with two attached hydrogens (primary N) is 1. The summed E-state index contributed by atoms with van der Waals surface area (Å²) in [6.07, 6.45) is 4.73. The van der Waals surface area contributed by atoms with Gasteiger partial charge >= 0.3 is 0 Å². The molecule has 0 atom stereocenters. The lowest BCUT2D eigenvalue weighted by atomic mass is 10.2. The molecule has 0 amide bonds. The van der Waals surface area contributed by atoms with Crippen LogP contribution < -0.4 is 16.2 Å². The molecule has 4 rings (SSSR count). The molecule has 0 saturated carbocycles. The van der Waals surface area contributed by atoms with Gasteiger partial charge in [-0.3, -0.25) is 9.79 Å². The van der Waals surface area contributed by atoms with Gasteiger partial charge < -0.3 is 15.4 Å².